The van der Waals surface area contributed by atoms with Crippen molar-refractivity contribution in [3.05, 3.63) is 83.9 Å². The molecule has 0 aromatic heterocycles. The van der Waals surface area contributed by atoms with E-state index in [0.717, 1.165) is 38.5 Å². The molecule has 0 heterocycles. The Bertz CT molecular complexity index is 1320. The van der Waals surface area contributed by atoms with Crippen LogP contribution in [0.5, 0.6) is 23.0 Å². The highest BCUT2D eigenvalue weighted by Gasteiger charge is 2.18. The van der Waals surface area contributed by atoms with Gasteiger partial charge in [0.05, 0.1) is 18.8 Å². The molecule has 0 saturated heterocycles. The first-order valence-electron chi connectivity index (χ1n) is 16.1. The van der Waals surface area contributed by atoms with E-state index < -0.39 is 24.0 Å². The van der Waals surface area contributed by atoms with E-state index in [9.17, 15) is 14.4 Å². The quantitative estimate of drug-likeness (QED) is 0.0704. The molecule has 0 amide bonds. The summed E-state index contributed by atoms with van der Waals surface area (Å²) in [5.74, 6) is 0.00233. The Labute approximate surface area is 267 Å². The largest absolute Gasteiger partial charge is 0.493 e. The van der Waals surface area contributed by atoms with Gasteiger partial charge in [-0.1, -0.05) is 77.3 Å². The molecular formula is C37H46O8. The summed E-state index contributed by atoms with van der Waals surface area (Å²) in [6.45, 7) is 6.87. The second-order valence-electron chi connectivity index (χ2n) is 10.9. The van der Waals surface area contributed by atoms with Gasteiger partial charge in [0.2, 0.25) is 0 Å². The van der Waals surface area contributed by atoms with E-state index in [1.165, 1.54) is 49.9 Å². The summed E-state index contributed by atoms with van der Waals surface area (Å²) >= 11 is 0. The molecule has 242 valence electrons. The van der Waals surface area contributed by atoms with Gasteiger partial charge in [-0.3, -0.25) is 0 Å². The third kappa shape index (κ3) is 12.7. The Kier molecular flexibility index (Phi) is 15.5. The number of hydrogen-bond acceptors (Lipinski definition) is 8. The monoisotopic (exact) mass is 618 g/mol. The topological polar surface area (TPSA) is 97.4 Å². The Morgan fingerprint density at radius 1 is 0.600 bits per heavy atom. The van der Waals surface area contributed by atoms with Crippen molar-refractivity contribution in [3.63, 3.8) is 0 Å². The zero-order chi connectivity index (χ0) is 32.3. The van der Waals surface area contributed by atoms with Crippen molar-refractivity contribution in [2.75, 3.05) is 13.2 Å². The second-order valence-corrected chi connectivity index (χ2v) is 10.9. The molecule has 45 heavy (non-hydrogen) atoms. The number of unbranched alkanes of at least 4 members (excludes halogenated alkanes) is 8. The molecule has 0 aliphatic heterocycles. The van der Waals surface area contributed by atoms with Crippen molar-refractivity contribution >= 4 is 17.9 Å². The lowest BCUT2D eigenvalue weighted by molar-refractivity contribution is -0.151. The number of rotatable bonds is 20. The van der Waals surface area contributed by atoms with E-state index in [4.69, 9.17) is 23.7 Å². The van der Waals surface area contributed by atoms with Gasteiger partial charge in [0.25, 0.3) is 0 Å². The lowest BCUT2D eigenvalue weighted by Gasteiger charge is -2.14. The highest BCUT2D eigenvalue weighted by molar-refractivity contribution is 5.94. The summed E-state index contributed by atoms with van der Waals surface area (Å²) in [4.78, 5) is 37.7. The van der Waals surface area contributed by atoms with Crippen LogP contribution in [0.15, 0.2) is 72.8 Å². The zero-order valence-electron chi connectivity index (χ0n) is 26.8. The van der Waals surface area contributed by atoms with Crippen molar-refractivity contribution in [1.29, 1.82) is 0 Å². The Morgan fingerprint density at radius 2 is 1.13 bits per heavy atom. The van der Waals surface area contributed by atoms with Gasteiger partial charge in [0, 0.05) is 0 Å². The van der Waals surface area contributed by atoms with E-state index >= 15 is 0 Å². The van der Waals surface area contributed by atoms with Crippen molar-refractivity contribution < 1.29 is 38.1 Å². The Morgan fingerprint density at radius 3 is 1.82 bits per heavy atom. The highest BCUT2D eigenvalue weighted by Crippen LogP contribution is 2.23. The van der Waals surface area contributed by atoms with Crippen LogP contribution in [0.3, 0.4) is 0 Å². The van der Waals surface area contributed by atoms with Gasteiger partial charge < -0.3 is 23.7 Å². The number of carbonyl (C=O) groups is 3. The fourth-order valence-electron chi connectivity index (χ4n) is 4.47. The summed E-state index contributed by atoms with van der Waals surface area (Å²) in [5.41, 5.74) is 0.626. The molecule has 0 spiro atoms. The van der Waals surface area contributed by atoms with Crippen LogP contribution < -0.4 is 18.9 Å². The maximum Gasteiger partial charge on any atom is 0.347 e. The van der Waals surface area contributed by atoms with Gasteiger partial charge in [-0.25, -0.2) is 14.4 Å². The first kappa shape index (κ1) is 35.2. The fourth-order valence-corrected chi connectivity index (χ4v) is 4.47. The molecule has 3 rings (SSSR count). The highest BCUT2D eigenvalue weighted by atomic mass is 16.6. The van der Waals surface area contributed by atoms with Crippen molar-refractivity contribution in [2.45, 2.75) is 91.1 Å². The summed E-state index contributed by atoms with van der Waals surface area (Å²) in [6.07, 6.45) is 10.2. The number of benzene rings is 3. The average molecular weight is 619 g/mol. The molecule has 8 nitrogen and oxygen atoms in total. The molecular weight excluding hydrogens is 572 g/mol. The van der Waals surface area contributed by atoms with Gasteiger partial charge in [-0.05, 0) is 80.4 Å². The molecule has 3 aromatic carbocycles. The van der Waals surface area contributed by atoms with E-state index in [-0.39, 0.29) is 11.3 Å². The summed E-state index contributed by atoms with van der Waals surface area (Å²) in [6, 6.07) is 19.5. The maximum atomic E-state index is 12.9. The van der Waals surface area contributed by atoms with Gasteiger partial charge in [0.15, 0.2) is 6.10 Å². The normalized spacial score (nSPS) is 11.4. The van der Waals surface area contributed by atoms with Crippen LogP contribution in [-0.4, -0.2) is 37.2 Å². The second kappa shape index (κ2) is 19.8. The molecule has 0 bridgehead atoms. The summed E-state index contributed by atoms with van der Waals surface area (Å²) < 4.78 is 27.8. The number of carbonyl (C=O) groups excluding carboxylic acids is 3. The Balaban J connectivity index is 1.45. The number of para-hydroxylation sites is 1. The molecule has 0 fully saturated rings. The number of esters is 3. The van der Waals surface area contributed by atoms with E-state index in [0.29, 0.717) is 36.0 Å². The van der Waals surface area contributed by atoms with Crippen LogP contribution in [0, 0.1) is 0 Å². The smallest absolute Gasteiger partial charge is 0.347 e. The minimum absolute atomic E-state index is 0.285. The average Bonchev–Trinajstić information content (AvgIpc) is 3.05. The van der Waals surface area contributed by atoms with Gasteiger partial charge in [0.1, 0.15) is 28.6 Å². The first-order valence-corrected chi connectivity index (χ1v) is 16.1. The predicted molar refractivity (Wildman–Crippen MR) is 173 cm³/mol. The predicted octanol–water partition coefficient (Wildman–Crippen LogP) is 8.76. The summed E-state index contributed by atoms with van der Waals surface area (Å²) in [7, 11) is 0. The molecule has 8 heteroatoms. The molecule has 0 aliphatic rings. The van der Waals surface area contributed by atoms with Crippen molar-refractivity contribution in [1.82, 2.24) is 0 Å². The van der Waals surface area contributed by atoms with Crippen molar-refractivity contribution in [3.8, 4) is 23.0 Å². The molecule has 1 unspecified atom stereocenters. The maximum absolute atomic E-state index is 12.9. The standard InChI is InChI=1S/C37H46O8/c1-4-6-8-10-11-15-26-41-34-17-13-12-16-33(34)37(40)45-31-20-18-29(19-21-31)36(39)44-32-24-22-30(23-25-32)43-28(3)35(38)42-27-14-9-7-5-2/h12-13,16-25,28H,4-11,14-15,26-27H2,1-3H3. The van der Waals surface area contributed by atoms with E-state index in [1.807, 2.05) is 6.07 Å². The molecule has 1 atom stereocenters. The van der Waals surface area contributed by atoms with Gasteiger partial charge in [-0.2, -0.15) is 0 Å². The third-order valence-corrected chi connectivity index (χ3v) is 7.08. The lowest BCUT2D eigenvalue weighted by atomic mass is 10.1. The van der Waals surface area contributed by atoms with Crippen LogP contribution in [0.2, 0.25) is 0 Å². The first-order chi connectivity index (χ1) is 21.9. The molecule has 0 saturated carbocycles. The van der Waals surface area contributed by atoms with Gasteiger partial charge >= 0.3 is 17.9 Å². The number of hydrogen-bond donors (Lipinski definition) is 0. The van der Waals surface area contributed by atoms with E-state index in [2.05, 4.69) is 13.8 Å². The van der Waals surface area contributed by atoms with Crippen LogP contribution in [0.4, 0.5) is 0 Å². The van der Waals surface area contributed by atoms with Crippen LogP contribution >= 0.6 is 0 Å². The SMILES string of the molecule is CCCCCCCCOc1ccccc1C(=O)Oc1ccc(C(=O)Oc2ccc(OC(C)C(=O)OCCCCCC)cc2)cc1. The fraction of sp³-hybridized carbons (Fsp3) is 0.432. The van der Waals surface area contributed by atoms with E-state index in [1.54, 1.807) is 49.4 Å². The van der Waals surface area contributed by atoms with Crippen LogP contribution in [-0.2, 0) is 9.53 Å². The minimum atomic E-state index is -0.761. The summed E-state index contributed by atoms with van der Waals surface area (Å²) in [5, 5.41) is 0. The number of ether oxygens (including phenoxy) is 5. The Hall–Kier alpha value is -4.33. The molecule has 3 aromatic rings. The molecule has 0 N–H and O–H groups in total. The molecule has 0 radical (unpaired) electrons. The van der Waals surface area contributed by atoms with Crippen molar-refractivity contribution in [2.24, 2.45) is 0 Å². The van der Waals surface area contributed by atoms with Gasteiger partial charge in [-0.15, -0.1) is 0 Å². The third-order valence-electron chi connectivity index (χ3n) is 7.08. The zero-order valence-corrected chi connectivity index (χ0v) is 26.8. The van der Waals surface area contributed by atoms with Crippen LogP contribution in [0.25, 0.3) is 0 Å². The minimum Gasteiger partial charge on any atom is -0.493 e. The lowest BCUT2D eigenvalue weighted by Crippen LogP contribution is -2.26. The van der Waals surface area contributed by atoms with Crippen LogP contribution in [0.1, 0.15) is 106 Å². The molecule has 0 aliphatic carbocycles.